The first-order valence-electron chi connectivity index (χ1n) is 5.46. The summed E-state index contributed by atoms with van der Waals surface area (Å²) in [5.74, 6) is 0.501. The van der Waals surface area contributed by atoms with Gasteiger partial charge in [0.05, 0.1) is 18.8 Å². The van der Waals surface area contributed by atoms with Gasteiger partial charge in [-0.15, -0.1) is 5.10 Å². The average molecular weight is 229 g/mol. The summed E-state index contributed by atoms with van der Waals surface area (Å²) in [6, 6.07) is 13.6. The Hall–Kier alpha value is -1.94. The van der Waals surface area contributed by atoms with Crippen molar-refractivity contribution in [2.24, 2.45) is 5.73 Å². The predicted molar refractivity (Wildman–Crippen MR) is 65.7 cm³/mol. The van der Waals surface area contributed by atoms with Crippen LogP contribution in [0.2, 0.25) is 0 Å². The Morgan fingerprint density at radius 1 is 1.12 bits per heavy atom. The number of ether oxygens (including phenoxy) is 1. The fraction of sp³-hybridized carbons (Fsp3) is 0.231. The van der Waals surface area contributed by atoms with E-state index in [2.05, 4.69) is 22.3 Å². The van der Waals surface area contributed by atoms with E-state index in [1.54, 1.807) is 13.2 Å². The number of hydrogen-bond donors (Lipinski definition) is 1. The normalized spacial score (nSPS) is 12.1. The van der Waals surface area contributed by atoms with Crippen LogP contribution in [0.1, 0.15) is 17.3 Å². The second-order valence-electron chi connectivity index (χ2n) is 3.80. The molecule has 0 aliphatic rings. The van der Waals surface area contributed by atoms with Crippen LogP contribution in [-0.4, -0.2) is 17.3 Å². The molecule has 0 saturated carbocycles. The van der Waals surface area contributed by atoms with Crippen molar-refractivity contribution in [1.29, 1.82) is 0 Å². The highest BCUT2D eigenvalue weighted by molar-refractivity contribution is 5.20. The monoisotopic (exact) mass is 229 g/mol. The first kappa shape index (κ1) is 11.5. The average Bonchev–Trinajstić information content (AvgIpc) is 2.40. The summed E-state index contributed by atoms with van der Waals surface area (Å²) in [6.07, 6.45) is 0.752. The van der Waals surface area contributed by atoms with Gasteiger partial charge in [-0.05, 0) is 18.1 Å². The summed E-state index contributed by atoms with van der Waals surface area (Å²) in [7, 11) is 1.56. The van der Waals surface area contributed by atoms with E-state index in [0.717, 1.165) is 12.1 Å². The summed E-state index contributed by atoms with van der Waals surface area (Å²) in [5, 5.41) is 7.95. The molecule has 0 amide bonds. The number of aromatic nitrogens is 2. The highest BCUT2D eigenvalue weighted by Crippen LogP contribution is 2.14. The molecule has 1 unspecified atom stereocenters. The molecule has 88 valence electrons. The zero-order valence-electron chi connectivity index (χ0n) is 9.71. The van der Waals surface area contributed by atoms with Crippen LogP contribution in [0.3, 0.4) is 0 Å². The third-order valence-electron chi connectivity index (χ3n) is 2.55. The van der Waals surface area contributed by atoms with E-state index in [9.17, 15) is 0 Å². The third kappa shape index (κ3) is 3.01. The molecule has 1 aromatic carbocycles. The first-order valence-corrected chi connectivity index (χ1v) is 5.46. The van der Waals surface area contributed by atoms with Gasteiger partial charge >= 0.3 is 0 Å². The van der Waals surface area contributed by atoms with Crippen molar-refractivity contribution in [2.45, 2.75) is 12.5 Å². The molecule has 0 spiro atoms. The van der Waals surface area contributed by atoms with Gasteiger partial charge < -0.3 is 10.5 Å². The molecule has 1 aromatic heterocycles. The van der Waals surface area contributed by atoms with Crippen LogP contribution in [-0.2, 0) is 6.42 Å². The van der Waals surface area contributed by atoms with Crippen LogP contribution < -0.4 is 10.5 Å². The Morgan fingerprint density at radius 2 is 1.88 bits per heavy atom. The molecule has 0 radical (unpaired) electrons. The molecule has 0 aliphatic carbocycles. The second kappa shape index (κ2) is 5.41. The molecule has 1 heterocycles. The van der Waals surface area contributed by atoms with E-state index in [4.69, 9.17) is 10.5 Å². The Morgan fingerprint density at radius 3 is 2.47 bits per heavy atom. The largest absolute Gasteiger partial charge is 0.480 e. The molecule has 0 aliphatic heterocycles. The molecular weight excluding hydrogens is 214 g/mol. The van der Waals surface area contributed by atoms with Gasteiger partial charge in [-0.1, -0.05) is 30.3 Å². The molecule has 1 atom stereocenters. The minimum absolute atomic E-state index is 0.143. The lowest BCUT2D eigenvalue weighted by atomic mass is 10.0. The minimum atomic E-state index is -0.143. The van der Waals surface area contributed by atoms with Crippen LogP contribution in [0, 0.1) is 0 Å². The van der Waals surface area contributed by atoms with Crippen molar-refractivity contribution >= 4 is 0 Å². The van der Waals surface area contributed by atoms with Crippen molar-refractivity contribution in [3.05, 3.63) is 53.7 Å². The van der Waals surface area contributed by atoms with Gasteiger partial charge in [-0.3, -0.25) is 0 Å². The van der Waals surface area contributed by atoms with Gasteiger partial charge in [-0.25, -0.2) is 0 Å². The SMILES string of the molecule is COc1ccc(C(N)Cc2ccccc2)nn1. The maximum absolute atomic E-state index is 6.08. The lowest BCUT2D eigenvalue weighted by Crippen LogP contribution is -2.15. The molecule has 2 rings (SSSR count). The Bertz CT molecular complexity index is 456. The fourth-order valence-corrected chi connectivity index (χ4v) is 1.61. The van der Waals surface area contributed by atoms with Gasteiger partial charge in [0.2, 0.25) is 5.88 Å². The van der Waals surface area contributed by atoms with E-state index in [1.807, 2.05) is 24.3 Å². The number of benzene rings is 1. The maximum Gasteiger partial charge on any atom is 0.233 e. The first-order chi connectivity index (χ1) is 8.29. The lowest BCUT2D eigenvalue weighted by Gasteiger charge is -2.10. The molecule has 0 fully saturated rings. The smallest absolute Gasteiger partial charge is 0.233 e. The molecule has 17 heavy (non-hydrogen) atoms. The zero-order chi connectivity index (χ0) is 12.1. The summed E-state index contributed by atoms with van der Waals surface area (Å²) >= 11 is 0. The Labute approximate surface area is 100 Å². The van der Waals surface area contributed by atoms with Gasteiger partial charge in [0.1, 0.15) is 0 Å². The quantitative estimate of drug-likeness (QED) is 0.867. The fourth-order valence-electron chi connectivity index (χ4n) is 1.61. The van der Waals surface area contributed by atoms with Gasteiger partial charge in [0.25, 0.3) is 0 Å². The summed E-state index contributed by atoms with van der Waals surface area (Å²) < 4.78 is 4.95. The van der Waals surface area contributed by atoms with Crippen LogP contribution in [0.15, 0.2) is 42.5 Å². The predicted octanol–water partition coefficient (Wildman–Crippen LogP) is 1.73. The standard InChI is InChI=1S/C13H15N3O/c1-17-13-8-7-12(15-16-13)11(14)9-10-5-3-2-4-6-10/h2-8,11H,9,14H2,1H3. The molecule has 0 bridgehead atoms. The molecule has 4 heteroatoms. The number of nitrogens with two attached hydrogens (primary N) is 1. The minimum Gasteiger partial charge on any atom is -0.480 e. The van der Waals surface area contributed by atoms with Gasteiger partial charge in [-0.2, -0.15) is 5.10 Å². The van der Waals surface area contributed by atoms with Crippen LogP contribution in [0.5, 0.6) is 5.88 Å². The van der Waals surface area contributed by atoms with E-state index in [1.165, 1.54) is 5.56 Å². The maximum atomic E-state index is 6.08. The van der Waals surface area contributed by atoms with Gasteiger partial charge in [0, 0.05) is 6.07 Å². The van der Waals surface area contributed by atoms with Crippen molar-refractivity contribution < 1.29 is 4.74 Å². The molecule has 2 N–H and O–H groups in total. The highest BCUT2D eigenvalue weighted by Gasteiger charge is 2.09. The third-order valence-corrected chi connectivity index (χ3v) is 2.55. The van der Waals surface area contributed by atoms with E-state index in [-0.39, 0.29) is 6.04 Å². The Balaban J connectivity index is 2.06. The number of rotatable bonds is 4. The van der Waals surface area contributed by atoms with Crippen molar-refractivity contribution in [2.75, 3.05) is 7.11 Å². The van der Waals surface area contributed by atoms with Crippen LogP contribution in [0.25, 0.3) is 0 Å². The molecular formula is C13H15N3O. The second-order valence-corrected chi connectivity index (χ2v) is 3.80. The van der Waals surface area contributed by atoms with Gasteiger partial charge in [0.15, 0.2) is 0 Å². The van der Waals surface area contributed by atoms with Crippen molar-refractivity contribution in [3.63, 3.8) is 0 Å². The van der Waals surface area contributed by atoms with Crippen LogP contribution in [0.4, 0.5) is 0 Å². The molecule has 2 aromatic rings. The Kier molecular flexibility index (Phi) is 3.67. The topological polar surface area (TPSA) is 61.0 Å². The number of nitrogens with zero attached hydrogens (tertiary/aromatic N) is 2. The molecule has 0 saturated heterocycles. The molecule has 4 nitrogen and oxygen atoms in total. The summed E-state index contributed by atoms with van der Waals surface area (Å²) in [4.78, 5) is 0. The van der Waals surface area contributed by atoms with E-state index >= 15 is 0 Å². The summed E-state index contributed by atoms with van der Waals surface area (Å²) in [6.45, 7) is 0. The summed E-state index contributed by atoms with van der Waals surface area (Å²) in [5.41, 5.74) is 8.04. The zero-order valence-corrected chi connectivity index (χ0v) is 9.71. The van der Waals surface area contributed by atoms with E-state index < -0.39 is 0 Å². The number of hydrogen-bond acceptors (Lipinski definition) is 4. The van der Waals surface area contributed by atoms with Crippen molar-refractivity contribution in [1.82, 2.24) is 10.2 Å². The highest BCUT2D eigenvalue weighted by atomic mass is 16.5. The van der Waals surface area contributed by atoms with E-state index in [0.29, 0.717) is 5.88 Å². The van der Waals surface area contributed by atoms with Crippen LogP contribution >= 0.6 is 0 Å². The lowest BCUT2D eigenvalue weighted by molar-refractivity contribution is 0.390. The van der Waals surface area contributed by atoms with Crippen molar-refractivity contribution in [3.8, 4) is 5.88 Å². The number of methoxy groups -OCH3 is 1.